The first-order valence-corrected chi connectivity index (χ1v) is 8.65. The summed E-state index contributed by atoms with van der Waals surface area (Å²) in [6.07, 6.45) is 2.38. The molecule has 0 aromatic carbocycles. The van der Waals surface area contributed by atoms with Gasteiger partial charge in [-0.1, -0.05) is 6.07 Å². The van der Waals surface area contributed by atoms with Gasteiger partial charge in [0.15, 0.2) is 0 Å². The van der Waals surface area contributed by atoms with Crippen LogP contribution in [0.4, 0.5) is 11.6 Å². The third-order valence-electron chi connectivity index (χ3n) is 4.54. The summed E-state index contributed by atoms with van der Waals surface area (Å²) in [6.45, 7) is 5.50. The van der Waals surface area contributed by atoms with E-state index in [9.17, 15) is 4.79 Å². The molecule has 132 valence electrons. The van der Waals surface area contributed by atoms with E-state index >= 15 is 0 Å². The molecule has 2 fully saturated rings. The molecule has 2 saturated heterocycles. The highest BCUT2D eigenvalue weighted by molar-refractivity contribution is 5.78. The lowest BCUT2D eigenvalue weighted by molar-refractivity contribution is -0.117. The summed E-state index contributed by atoms with van der Waals surface area (Å²) in [4.78, 5) is 18.3. The lowest BCUT2D eigenvalue weighted by atomic mass is 10.0. The maximum Gasteiger partial charge on any atom is 0.221 e. The van der Waals surface area contributed by atoms with E-state index in [-0.39, 0.29) is 12.3 Å². The summed E-state index contributed by atoms with van der Waals surface area (Å²) in [5.41, 5.74) is 6.26. The van der Waals surface area contributed by atoms with Crippen LogP contribution < -0.4 is 16.0 Å². The minimum Gasteiger partial charge on any atom is -0.381 e. The molecule has 0 unspecified atom stereocenters. The maximum absolute atomic E-state index is 11.3. The molecule has 7 heteroatoms. The van der Waals surface area contributed by atoms with Gasteiger partial charge in [-0.15, -0.1) is 0 Å². The summed E-state index contributed by atoms with van der Waals surface area (Å²) in [6, 6.07) is 3.89. The van der Waals surface area contributed by atoms with Crippen molar-refractivity contribution in [3.63, 3.8) is 0 Å². The number of anilines is 2. The van der Waals surface area contributed by atoms with E-state index in [1.807, 2.05) is 12.1 Å². The number of hydrogen-bond donors (Lipinski definition) is 2. The number of primary amides is 1. The number of rotatable bonds is 6. The zero-order valence-corrected chi connectivity index (χ0v) is 14.0. The average Bonchev–Trinajstić information content (AvgIpc) is 2.62. The van der Waals surface area contributed by atoms with Crippen molar-refractivity contribution in [3.05, 3.63) is 17.7 Å². The molecule has 0 saturated carbocycles. The quantitative estimate of drug-likeness (QED) is 0.799. The van der Waals surface area contributed by atoms with Gasteiger partial charge in [-0.2, -0.15) is 0 Å². The molecule has 3 rings (SSSR count). The smallest absolute Gasteiger partial charge is 0.221 e. The third-order valence-corrected chi connectivity index (χ3v) is 4.54. The van der Waals surface area contributed by atoms with Crippen molar-refractivity contribution in [2.24, 2.45) is 11.7 Å². The van der Waals surface area contributed by atoms with Crippen molar-refractivity contribution in [2.45, 2.75) is 19.3 Å². The number of nitrogens with zero attached hydrogens (tertiary/aromatic N) is 2. The molecule has 24 heavy (non-hydrogen) atoms. The first-order valence-electron chi connectivity index (χ1n) is 8.65. The third kappa shape index (κ3) is 4.58. The van der Waals surface area contributed by atoms with Crippen molar-refractivity contribution >= 4 is 17.5 Å². The Hall–Kier alpha value is -1.86. The van der Waals surface area contributed by atoms with Crippen molar-refractivity contribution in [3.8, 4) is 0 Å². The standard InChI is InChI=1S/C17H26N4O3/c18-15(22)11-14-1-2-16(19-12-13-3-7-23-8-4-13)20-17(14)21-5-9-24-10-6-21/h1-2,13H,3-12H2,(H2,18,22)(H,19,20). The van der Waals surface area contributed by atoms with Crippen LogP contribution in [0, 0.1) is 5.92 Å². The van der Waals surface area contributed by atoms with Crippen LogP contribution in [0.2, 0.25) is 0 Å². The lowest BCUT2D eigenvalue weighted by Gasteiger charge is -2.30. The van der Waals surface area contributed by atoms with Gasteiger partial charge in [0, 0.05) is 38.4 Å². The van der Waals surface area contributed by atoms with Crippen LogP contribution in [-0.4, -0.2) is 57.0 Å². The van der Waals surface area contributed by atoms with E-state index in [1.54, 1.807) is 0 Å². The summed E-state index contributed by atoms with van der Waals surface area (Å²) in [5, 5.41) is 3.43. The summed E-state index contributed by atoms with van der Waals surface area (Å²) >= 11 is 0. The van der Waals surface area contributed by atoms with Crippen molar-refractivity contribution < 1.29 is 14.3 Å². The Balaban J connectivity index is 1.71. The van der Waals surface area contributed by atoms with Crippen molar-refractivity contribution in [1.29, 1.82) is 0 Å². The first kappa shape index (κ1) is 17.0. The molecule has 1 amide bonds. The van der Waals surface area contributed by atoms with Gasteiger partial charge in [0.1, 0.15) is 11.6 Å². The van der Waals surface area contributed by atoms with Crippen LogP contribution in [0.5, 0.6) is 0 Å². The monoisotopic (exact) mass is 334 g/mol. The van der Waals surface area contributed by atoms with E-state index < -0.39 is 0 Å². The van der Waals surface area contributed by atoms with E-state index in [2.05, 4.69) is 10.2 Å². The number of nitrogens with one attached hydrogen (secondary N) is 1. The molecule has 1 aromatic rings. The first-order chi connectivity index (χ1) is 11.7. The Morgan fingerprint density at radius 3 is 2.62 bits per heavy atom. The van der Waals surface area contributed by atoms with E-state index in [1.165, 1.54) is 0 Å². The fraction of sp³-hybridized carbons (Fsp3) is 0.647. The number of ether oxygens (including phenoxy) is 2. The largest absolute Gasteiger partial charge is 0.381 e. The fourth-order valence-electron chi connectivity index (χ4n) is 3.15. The van der Waals surface area contributed by atoms with Gasteiger partial charge >= 0.3 is 0 Å². The second-order valence-electron chi connectivity index (χ2n) is 6.36. The topological polar surface area (TPSA) is 89.7 Å². The summed E-state index contributed by atoms with van der Waals surface area (Å²) in [5.74, 6) is 1.97. The van der Waals surface area contributed by atoms with Crippen LogP contribution in [-0.2, 0) is 20.7 Å². The fourth-order valence-corrected chi connectivity index (χ4v) is 3.15. The second-order valence-corrected chi connectivity index (χ2v) is 6.36. The zero-order chi connectivity index (χ0) is 16.8. The minimum absolute atomic E-state index is 0.208. The molecule has 7 nitrogen and oxygen atoms in total. The normalized spacial score (nSPS) is 19.2. The van der Waals surface area contributed by atoms with E-state index in [0.717, 1.165) is 62.9 Å². The number of amides is 1. The number of carbonyl (C=O) groups excluding carboxylic acids is 1. The Kier molecular flexibility index (Phi) is 5.87. The summed E-state index contributed by atoms with van der Waals surface area (Å²) in [7, 11) is 0. The van der Waals surface area contributed by atoms with Gasteiger partial charge in [0.25, 0.3) is 0 Å². The van der Waals surface area contributed by atoms with Gasteiger partial charge in [-0.05, 0) is 24.8 Å². The minimum atomic E-state index is -0.339. The van der Waals surface area contributed by atoms with Crippen LogP contribution in [0.25, 0.3) is 0 Å². The lowest BCUT2D eigenvalue weighted by Crippen LogP contribution is -2.37. The molecule has 0 radical (unpaired) electrons. The van der Waals surface area contributed by atoms with Gasteiger partial charge < -0.3 is 25.4 Å². The number of morpholine rings is 1. The number of hydrogen-bond acceptors (Lipinski definition) is 6. The number of pyridine rings is 1. The van der Waals surface area contributed by atoms with E-state index in [4.69, 9.17) is 20.2 Å². The predicted octanol–water partition coefficient (Wildman–Crippen LogP) is 0.784. The van der Waals surface area contributed by atoms with E-state index in [0.29, 0.717) is 19.1 Å². The van der Waals surface area contributed by atoms with Gasteiger partial charge in [-0.3, -0.25) is 4.79 Å². The molecule has 3 N–H and O–H groups in total. The van der Waals surface area contributed by atoms with Gasteiger partial charge in [-0.25, -0.2) is 4.98 Å². The van der Waals surface area contributed by atoms with Crippen LogP contribution in [0.1, 0.15) is 18.4 Å². The molecular formula is C17H26N4O3. The molecular weight excluding hydrogens is 308 g/mol. The van der Waals surface area contributed by atoms with Crippen LogP contribution in [0.3, 0.4) is 0 Å². The predicted molar refractivity (Wildman–Crippen MR) is 92.2 cm³/mol. The molecule has 2 aliphatic heterocycles. The van der Waals surface area contributed by atoms with Crippen LogP contribution >= 0.6 is 0 Å². The second kappa shape index (κ2) is 8.30. The average molecular weight is 334 g/mol. The van der Waals surface area contributed by atoms with Gasteiger partial charge in [0.05, 0.1) is 19.6 Å². The van der Waals surface area contributed by atoms with Gasteiger partial charge in [0.2, 0.25) is 5.91 Å². The molecule has 0 atom stereocenters. The highest BCUT2D eigenvalue weighted by Gasteiger charge is 2.19. The zero-order valence-electron chi connectivity index (χ0n) is 14.0. The molecule has 0 spiro atoms. The SMILES string of the molecule is NC(=O)Cc1ccc(NCC2CCOCC2)nc1N1CCOCC1. The summed E-state index contributed by atoms with van der Waals surface area (Å²) < 4.78 is 10.8. The Morgan fingerprint density at radius 2 is 1.92 bits per heavy atom. The molecule has 3 heterocycles. The molecule has 1 aromatic heterocycles. The van der Waals surface area contributed by atoms with Crippen LogP contribution in [0.15, 0.2) is 12.1 Å². The highest BCUT2D eigenvalue weighted by Crippen LogP contribution is 2.23. The number of nitrogens with two attached hydrogens (primary N) is 1. The van der Waals surface area contributed by atoms with Crippen molar-refractivity contribution in [1.82, 2.24) is 4.98 Å². The maximum atomic E-state index is 11.3. The molecule has 0 aliphatic carbocycles. The van der Waals surface area contributed by atoms with Crippen molar-refractivity contribution in [2.75, 3.05) is 56.3 Å². The molecule has 2 aliphatic rings. The Labute approximate surface area is 142 Å². The number of carbonyl (C=O) groups is 1. The highest BCUT2D eigenvalue weighted by atomic mass is 16.5. The Bertz CT molecular complexity index is 555. The number of aromatic nitrogens is 1. The molecule has 0 bridgehead atoms. The Morgan fingerprint density at radius 1 is 1.21 bits per heavy atom.